The zero-order valence-electron chi connectivity index (χ0n) is 9.58. The minimum Gasteiger partial charge on any atom is -0.452 e. The molecule has 17 heavy (non-hydrogen) atoms. The molecule has 2 aromatic rings. The number of furan rings is 1. The summed E-state index contributed by atoms with van der Waals surface area (Å²) >= 11 is 6.71. The molecule has 0 spiro atoms. The Morgan fingerprint density at radius 1 is 1.53 bits per heavy atom. The number of hydrogen-bond donors (Lipinski definition) is 1. The van der Waals surface area contributed by atoms with Crippen LogP contribution in [-0.4, -0.2) is 9.78 Å². The summed E-state index contributed by atoms with van der Waals surface area (Å²) in [6.07, 6.45) is 3.87. The van der Waals surface area contributed by atoms with Crippen LogP contribution in [0.5, 0.6) is 0 Å². The number of rotatable bonds is 4. The Bertz CT molecular complexity index is 487. The molecule has 1 unspecified atom stereocenters. The Hall–Kier alpha value is -0.590. The van der Waals surface area contributed by atoms with Gasteiger partial charge in [-0.05, 0) is 44.8 Å². The third-order valence-electron chi connectivity index (χ3n) is 2.50. The molecule has 0 aliphatic rings. The summed E-state index contributed by atoms with van der Waals surface area (Å²) in [6.45, 7) is 2.78. The third-order valence-corrected chi connectivity index (χ3v) is 4.21. The molecule has 0 aliphatic carbocycles. The Morgan fingerprint density at radius 2 is 2.29 bits per heavy atom. The third kappa shape index (κ3) is 3.20. The second-order valence-electron chi connectivity index (χ2n) is 3.88. The van der Waals surface area contributed by atoms with Crippen molar-refractivity contribution >= 4 is 31.9 Å². The van der Waals surface area contributed by atoms with Gasteiger partial charge < -0.3 is 9.73 Å². The number of hydrogen-bond acceptors (Lipinski definition) is 3. The minimum atomic E-state index is 0.242. The highest BCUT2D eigenvalue weighted by molar-refractivity contribution is 9.13. The maximum absolute atomic E-state index is 5.49. The maximum atomic E-state index is 5.49. The van der Waals surface area contributed by atoms with Gasteiger partial charge >= 0.3 is 0 Å². The van der Waals surface area contributed by atoms with E-state index in [0.29, 0.717) is 6.54 Å². The quantitative estimate of drug-likeness (QED) is 0.906. The molecule has 0 bridgehead atoms. The van der Waals surface area contributed by atoms with E-state index in [1.807, 2.05) is 25.5 Å². The summed E-state index contributed by atoms with van der Waals surface area (Å²) in [7, 11) is 1.91. The highest BCUT2D eigenvalue weighted by Crippen LogP contribution is 2.26. The molecule has 0 saturated heterocycles. The van der Waals surface area contributed by atoms with E-state index in [0.717, 1.165) is 20.5 Å². The molecule has 0 aliphatic heterocycles. The van der Waals surface area contributed by atoms with Crippen molar-refractivity contribution in [3.05, 3.63) is 38.9 Å². The van der Waals surface area contributed by atoms with E-state index in [1.54, 1.807) is 4.68 Å². The lowest BCUT2D eigenvalue weighted by atomic mass is 10.2. The van der Waals surface area contributed by atoms with E-state index >= 15 is 0 Å². The van der Waals surface area contributed by atoms with Crippen molar-refractivity contribution in [2.24, 2.45) is 7.05 Å². The van der Waals surface area contributed by atoms with Gasteiger partial charge in [0.15, 0.2) is 4.67 Å². The molecule has 1 atom stereocenters. The monoisotopic (exact) mass is 361 g/mol. The Kier molecular flexibility index (Phi) is 4.06. The number of aryl methyl sites for hydroxylation is 1. The maximum Gasteiger partial charge on any atom is 0.183 e. The largest absolute Gasteiger partial charge is 0.452 e. The fourth-order valence-electron chi connectivity index (χ4n) is 1.51. The molecule has 4 nitrogen and oxygen atoms in total. The second kappa shape index (κ2) is 5.37. The van der Waals surface area contributed by atoms with Crippen LogP contribution < -0.4 is 5.32 Å². The SMILES string of the molecule is CC(NCc1cc(Br)c(Br)o1)c1cnn(C)c1. The van der Waals surface area contributed by atoms with Crippen LogP contribution in [0.3, 0.4) is 0 Å². The molecule has 0 aromatic carbocycles. The number of halogens is 2. The molecule has 0 saturated carbocycles. The topological polar surface area (TPSA) is 43.0 Å². The van der Waals surface area contributed by atoms with E-state index in [1.165, 1.54) is 0 Å². The summed E-state index contributed by atoms with van der Waals surface area (Å²) in [5, 5.41) is 7.53. The van der Waals surface area contributed by atoms with Crippen molar-refractivity contribution in [2.45, 2.75) is 19.5 Å². The van der Waals surface area contributed by atoms with E-state index in [9.17, 15) is 0 Å². The molecular weight excluding hydrogens is 350 g/mol. The van der Waals surface area contributed by atoms with Crippen molar-refractivity contribution in [1.29, 1.82) is 0 Å². The first-order valence-electron chi connectivity index (χ1n) is 5.22. The predicted octanol–water partition coefficient (Wildman–Crippen LogP) is 3.39. The molecule has 6 heteroatoms. The van der Waals surface area contributed by atoms with Crippen molar-refractivity contribution in [1.82, 2.24) is 15.1 Å². The molecule has 92 valence electrons. The second-order valence-corrected chi connectivity index (χ2v) is 5.46. The molecule has 1 N–H and O–H groups in total. The van der Waals surface area contributed by atoms with Crippen molar-refractivity contribution < 1.29 is 4.42 Å². The van der Waals surface area contributed by atoms with Gasteiger partial charge in [-0.1, -0.05) is 0 Å². The van der Waals surface area contributed by atoms with E-state index in [2.05, 4.69) is 49.2 Å². The first-order valence-corrected chi connectivity index (χ1v) is 6.80. The number of aromatic nitrogens is 2. The van der Waals surface area contributed by atoms with Gasteiger partial charge in [0.1, 0.15) is 5.76 Å². The lowest BCUT2D eigenvalue weighted by Crippen LogP contribution is -2.17. The van der Waals surface area contributed by atoms with Crippen molar-refractivity contribution in [2.75, 3.05) is 0 Å². The van der Waals surface area contributed by atoms with Crippen LogP contribution in [0.15, 0.2) is 32.0 Å². The average Bonchev–Trinajstić information content (AvgIpc) is 2.83. The number of nitrogens with zero attached hydrogens (tertiary/aromatic N) is 2. The van der Waals surface area contributed by atoms with Gasteiger partial charge in [0.2, 0.25) is 0 Å². The van der Waals surface area contributed by atoms with Gasteiger partial charge in [0, 0.05) is 24.8 Å². The normalized spacial score (nSPS) is 12.9. The Balaban J connectivity index is 1.94. The van der Waals surface area contributed by atoms with Gasteiger partial charge in [-0.2, -0.15) is 5.10 Å². The van der Waals surface area contributed by atoms with Gasteiger partial charge in [0.05, 0.1) is 17.2 Å². The van der Waals surface area contributed by atoms with Crippen LogP contribution in [0.2, 0.25) is 0 Å². The van der Waals surface area contributed by atoms with Gasteiger partial charge in [-0.15, -0.1) is 0 Å². The van der Waals surface area contributed by atoms with Crippen LogP contribution in [-0.2, 0) is 13.6 Å². The van der Waals surface area contributed by atoms with Crippen LogP contribution in [0.1, 0.15) is 24.3 Å². The molecular formula is C11H13Br2N3O. The molecule has 2 rings (SSSR count). The molecule has 2 aromatic heterocycles. The zero-order valence-corrected chi connectivity index (χ0v) is 12.7. The van der Waals surface area contributed by atoms with Crippen LogP contribution in [0.4, 0.5) is 0 Å². The smallest absolute Gasteiger partial charge is 0.183 e. The first-order chi connectivity index (χ1) is 8.06. The predicted molar refractivity (Wildman–Crippen MR) is 72.6 cm³/mol. The van der Waals surface area contributed by atoms with Gasteiger partial charge in [-0.3, -0.25) is 4.68 Å². The summed E-state index contributed by atoms with van der Waals surface area (Å²) in [5.41, 5.74) is 1.16. The van der Waals surface area contributed by atoms with Crippen LogP contribution in [0, 0.1) is 0 Å². The van der Waals surface area contributed by atoms with Crippen molar-refractivity contribution in [3.8, 4) is 0 Å². The zero-order chi connectivity index (χ0) is 12.4. The fraction of sp³-hybridized carbons (Fsp3) is 0.364. The van der Waals surface area contributed by atoms with Crippen LogP contribution in [0.25, 0.3) is 0 Å². The summed E-state index contributed by atoms with van der Waals surface area (Å²) in [4.78, 5) is 0. The lowest BCUT2D eigenvalue weighted by Gasteiger charge is -2.10. The highest BCUT2D eigenvalue weighted by Gasteiger charge is 2.10. The van der Waals surface area contributed by atoms with E-state index < -0.39 is 0 Å². The van der Waals surface area contributed by atoms with Crippen molar-refractivity contribution in [3.63, 3.8) is 0 Å². The molecule has 0 radical (unpaired) electrons. The van der Waals surface area contributed by atoms with Gasteiger partial charge in [-0.25, -0.2) is 0 Å². The van der Waals surface area contributed by atoms with Gasteiger partial charge in [0.25, 0.3) is 0 Å². The minimum absolute atomic E-state index is 0.242. The lowest BCUT2D eigenvalue weighted by molar-refractivity contribution is 0.446. The highest BCUT2D eigenvalue weighted by atomic mass is 79.9. The summed E-state index contributed by atoms with van der Waals surface area (Å²) in [6, 6.07) is 2.19. The molecule has 0 fully saturated rings. The molecule has 0 amide bonds. The Morgan fingerprint density at radius 3 is 2.82 bits per heavy atom. The number of nitrogens with one attached hydrogen (secondary N) is 1. The summed E-state index contributed by atoms with van der Waals surface area (Å²) < 4.78 is 8.95. The van der Waals surface area contributed by atoms with E-state index in [4.69, 9.17) is 4.42 Å². The standard InChI is InChI=1S/C11H13Br2N3O/c1-7(8-4-15-16(2)6-8)14-5-9-3-10(12)11(13)17-9/h3-4,6-7,14H,5H2,1-2H3. The first kappa shape index (κ1) is 12.9. The Labute approximate surface area is 117 Å². The van der Waals surface area contributed by atoms with E-state index in [-0.39, 0.29) is 6.04 Å². The molecule has 2 heterocycles. The summed E-state index contributed by atoms with van der Waals surface area (Å²) in [5.74, 6) is 0.888. The fourth-order valence-corrected chi connectivity index (χ4v) is 2.17. The van der Waals surface area contributed by atoms with Crippen LogP contribution >= 0.6 is 31.9 Å². The average molecular weight is 363 g/mol.